The van der Waals surface area contributed by atoms with Crippen LogP contribution < -0.4 is 0 Å². The van der Waals surface area contributed by atoms with Crippen molar-refractivity contribution in [1.82, 2.24) is 19.5 Å². The van der Waals surface area contributed by atoms with Gasteiger partial charge in [-0.2, -0.15) is 0 Å². The molecule has 5 nitrogen and oxygen atoms in total. The molecule has 0 aliphatic rings. The van der Waals surface area contributed by atoms with Crippen molar-refractivity contribution in [2.24, 2.45) is 0 Å². The van der Waals surface area contributed by atoms with Gasteiger partial charge in [0.25, 0.3) is 0 Å². The molecular weight excluding hydrogens is 709 g/mol. The van der Waals surface area contributed by atoms with Crippen molar-refractivity contribution < 1.29 is 4.42 Å². The van der Waals surface area contributed by atoms with Gasteiger partial charge in [-0.05, 0) is 81.2 Å². The molecule has 0 amide bonds. The van der Waals surface area contributed by atoms with Crippen molar-refractivity contribution in [3.8, 4) is 51.0 Å². The van der Waals surface area contributed by atoms with E-state index in [2.05, 4.69) is 168 Å². The molecule has 0 bridgehead atoms. The number of nitrogens with zero attached hydrogens (tertiary/aromatic N) is 4. The summed E-state index contributed by atoms with van der Waals surface area (Å²) >= 11 is 0. The number of hydrogen-bond acceptors (Lipinski definition) is 4. The molecule has 0 saturated heterocycles. The highest BCUT2D eigenvalue weighted by Gasteiger charge is 2.21. The summed E-state index contributed by atoms with van der Waals surface area (Å²) < 4.78 is 9.41. The predicted molar refractivity (Wildman–Crippen MR) is 238 cm³/mol. The third kappa shape index (κ3) is 5.21. The predicted octanol–water partition coefficient (Wildman–Crippen LogP) is 13.8. The summed E-state index contributed by atoms with van der Waals surface area (Å²) in [6.07, 6.45) is 0. The molecule has 12 rings (SSSR count). The molecule has 0 atom stereocenters. The lowest BCUT2D eigenvalue weighted by Gasteiger charge is -2.12. The van der Waals surface area contributed by atoms with Crippen molar-refractivity contribution in [3.05, 3.63) is 194 Å². The maximum atomic E-state index is 7.03. The average Bonchev–Trinajstić information content (AvgIpc) is 3.83. The molecule has 0 spiro atoms. The molecule has 3 aromatic heterocycles. The van der Waals surface area contributed by atoms with Crippen molar-refractivity contribution >= 4 is 65.3 Å². The van der Waals surface area contributed by atoms with E-state index in [1.165, 1.54) is 26.9 Å². The number of rotatable bonds is 5. The molecule has 3 heterocycles. The van der Waals surface area contributed by atoms with Crippen LogP contribution in [0.4, 0.5) is 0 Å². The van der Waals surface area contributed by atoms with Crippen LogP contribution in [0.2, 0.25) is 0 Å². The summed E-state index contributed by atoms with van der Waals surface area (Å²) in [7, 11) is 0. The summed E-state index contributed by atoms with van der Waals surface area (Å²) in [5.74, 6) is 1.82. The van der Waals surface area contributed by atoms with Crippen LogP contribution in [-0.4, -0.2) is 19.5 Å². The van der Waals surface area contributed by atoms with Crippen LogP contribution in [0.1, 0.15) is 0 Å². The molecule has 0 fully saturated rings. The second kappa shape index (κ2) is 12.8. The molecule has 58 heavy (non-hydrogen) atoms. The van der Waals surface area contributed by atoms with Gasteiger partial charge in [-0.3, -0.25) is 0 Å². The molecule has 0 aliphatic carbocycles. The fourth-order valence-corrected chi connectivity index (χ4v) is 8.56. The summed E-state index contributed by atoms with van der Waals surface area (Å²) in [4.78, 5) is 15.2. The quantitative estimate of drug-likeness (QED) is 0.176. The highest BCUT2D eigenvalue weighted by Crippen LogP contribution is 2.42. The number of benzene rings is 9. The first kappa shape index (κ1) is 32.4. The number of fused-ring (bicyclic) bond motifs is 8. The third-order valence-electron chi connectivity index (χ3n) is 11.4. The monoisotopic (exact) mass is 740 g/mol. The minimum absolute atomic E-state index is 0.582. The number of aromatic nitrogens is 4. The zero-order valence-electron chi connectivity index (χ0n) is 31.2. The largest absolute Gasteiger partial charge is 0.454 e. The van der Waals surface area contributed by atoms with E-state index in [0.29, 0.717) is 17.5 Å². The van der Waals surface area contributed by atoms with Crippen LogP contribution in [0.5, 0.6) is 0 Å². The highest BCUT2D eigenvalue weighted by atomic mass is 16.3. The Bertz CT molecular complexity index is 3570. The molecule has 0 unspecified atom stereocenters. The van der Waals surface area contributed by atoms with Crippen LogP contribution in [-0.2, 0) is 0 Å². The molecule has 0 N–H and O–H groups in total. The fraction of sp³-hybridized carbons (Fsp3) is 0. The lowest BCUT2D eigenvalue weighted by molar-refractivity contribution is 0.666. The molecule has 9 aromatic carbocycles. The van der Waals surface area contributed by atoms with Crippen LogP contribution >= 0.6 is 0 Å². The molecule has 5 heteroatoms. The maximum absolute atomic E-state index is 7.03. The third-order valence-corrected chi connectivity index (χ3v) is 11.4. The lowest BCUT2D eigenvalue weighted by Crippen LogP contribution is -2.00. The smallest absolute Gasteiger partial charge is 0.164 e. The summed E-state index contributed by atoms with van der Waals surface area (Å²) in [5.41, 5.74) is 9.79. The summed E-state index contributed by atoms with van der Waals surface area (Å²) in [6.45, 7) is 0. The van der Waals surface area contributed by atoms with Crippen LogP contribution in [0.25, 0.3) is 116 Å². The van der Waals surface area contributed by atoms with Gasteiger partial charge in [0.05, 0.1) is 16.7 Å². The summed E-state index contributed by atoms with van der Waals surface area (Å²) in [6, 6.07) is 68.1. The topological polar surface area (TPSA) is 56.7 Å². The van der Waals surface area contributed by atoms with Crippen molar-refractivity contribution in [2.45, 2.75) is 0 Å². The lowest BCUT2D eigenvalue weighted by atomic mass is 10.0. The van der Waals surface area contributed by atoms with E-state index in [-0.39, 0.29) is 0 Å². The Morgan fingerprint density at radius 2 is 0.914 bits per heavy atom. The van der Waals surface area contributed by atoms with E-state index < -0.39 is 0 Å². The Morgan fingerprint density at radius 3 is 1.67 bits per heavy atom. The second-order valence-corrected chi connectivity index (χ2v) is 14.9. The van der Waals surface area contributed by atoms with E-state index >= 15 is 0 Å². The Labute approximate surface area is 333 Å². The first-order valence-electron chi connectivity index (χ1n) is 19.5. The fourth-order valence-electron chi connectivity index (χ4n) is 8.56. The maximum Gasteiger partial charge on any atom is 0.164 e. The Hall–Kier alpha value is -7.89. The zero-order valence-corrected chi connectivity index (χ0v) is 31.2. The van der Waals surface area contributed by atoms with Gasteiger partial charge < -0.3 is 8.98 Å². The van der Waals surface area contributed by atoms with E-state index in [9.17, 15) is 0 Å². The minimum atomic E-state index is 0.582. The van der Waals surface area contributed by atoms with E-state index in [1.807, 2.05) is 30.3 Å². The normalized spacial score (nSPS) is 11.8. The number of hydrogen-bond donors (Lipinski definition) is 0. The van der Waals surface area contributed by atoms with E-state index in [0.717, 1.165) is 71.9 Å². The molecular formula is C53H32N4O. The Morgan fingerprint density at radius 1 is 0.328 bits per heavy atom. The van der Waals surface area contributed by atoms with Gasteiger partial charge in [0, 0.05) is 38.2 Å². The van der Waals surface area contributed by atoms with E-state index in [4.69, 9.17) is 19.4 Å². The number of para-hydroxylation sites is 1. The Balaban J connectivity index is 1.10. The van der Waals surface area contributed by atoms with Crippen molar-refractivity contribution in [3.63, 3.8) is 0 Å². The Kier molecular flexibility index (Phi) is 7.16. The SMILES string of the molecule is c1ccc(-c2cc(-n3c4ccccc4c4cc5ccccc5cc43)c3oc4cc(-c5nc(-c6ccccc6)nc(-c6ccc7ccccc7c6)n5)ccc4c3c2)cc1. The van der Waals surface area contributed by atoms with Crippen LogP contribution in [0, 0.1) is 0 Å². The minimum Gasteiger partial charge on any atom is -0.454 e. The van der Waals surface area contributed by atoms with Crippen LogP contribution in [0.3, 0.4) is 0 Å². The van der Waals surface area contributed by atoms with Gasteiger partial charge in [0.2, 0.25) is 0 Å². The zero-order chi connectivity index (χ0) is 38.2. The van der Waals surface area contributed by atoms with Gasteiger partial charge in [-0.15, -0.1) is 0 Å². The van der Waals surface area contributed by atoms with Gasteiger partial charge in [-0.25, -0.2) is 15.0 Å². The molecule has 0 saturated carbocycles. The van der Waals surface area contributed by atoms with Crippen molar-refractivity contribution in [2.75, 3.05) is 0 Å². The van der Waals surface area contributed by atoms with Gasteiger partial charge in [0.15, 0.2) is 23.1 Å². The highest BCUT2D eigenvalue weighted by molar-refractivity contribution is 6.16. The molecule has 0 radical (unpaired) electrons. The second-order valence-electron chi connectivity index (χ2n) is 14.9. The molecule has 12 aromatic rings. The number of furan rings is 1. The van der Waals surface area contributed by atoms with Crippen molar-refractivity contribution in [1.29, 1.82) is 0 Å². The van der Waals surface area contributed by atoms with E-state index in [1.54, 1.807) is 0 Å². The summed E-state index contributed by atoms with van der Waals surface area (Å²) in [5, 5.41) is 9.19. The van der Waals surface area contributed by atoms with Gasteiger partial charge in [-0.1, -0.05) is 146 Å². The van der Waals surface area contributed by atoms with Gasteiger partial charge in [0.1, 0.15) is 5.58 Å². The molecule has 270 valence electrons. The van der Waals surface area contributed by atoms with Gasteiger partial charge >= 0.3 is 0 Å². The molecule has 0 aliphatic heterocycles. The first-order valence-corrected chi connectivity index (χ1v) is 19.5. The van der Waals surface area contributed by atoms with Crippen LogP contribution in [0.15, 0.2) is 199 Å². The first-order chi connectivity index (χ1) is 28.7. The standard InChI is InChI=1S/C53H32N4O/c1-3-13-33(14-4-1)41-29-45-43-26-25-40(53-55-51(35-16-5-2-6-17-35)54-52(56-53)39-24-23-34-15-7-8-18-36(34)27-39)32-49(43)58-50(45)48(31-41)57-46-22-12-11-21-42(46)44-28-37-19-9-10-20-38(37)30-47(44)57/h1-32H. The average molecular weight is 741 g/mol.